The number of rotatable bonds is 3. The van der Waals surface area contributed by atoms with Crippen molar-refractivity contribution in [1.82, 2.24) is 0 Å². The van der Waals surface area contributed by atoms with Crippen LogP contribution in [0.2, 0.25) is 0 Å². The molecule has 1 heterocycles. The van der Waals surface area contributed by atoms with Crippen LogP contribution in [0.5, 0.6) is 0 Å². The van der Waals surface area contributed by atoms with Gasteiger partial charge in [0.2, 0.25) is 0 Å². The smallest absolute Gasteiger partial charge is 0.113 e. The molecule has 1 fully saturated rings. The normalized spacial score (nSPS) is 40.2. The molecule has 5 nitrogen and oxygen atoms in total. The molecule has 92 valence electrons. The van der Waals surface area contributed by atoms with Crippen molar-refractivity contribution in [1.29, 1.82) is 0 Å². The largest absolute Gasteiger partial charge is 0.394 e. The molecule has 5 heteroatoms. The van der Waals surface area contributed by atoms with E-state index < -0.39 is 37.1 Å². The van der Waals surface area contributed by atoms with Crippen LogP contribution >= 0.6 is 0 Å². The maximum Gasteiger partial charge on any atom is 0.113 e. The minimum absolute atomic E-state index is 0.426. The molecule has 0 saturated carbocycles. The second kappa shape index (κ2) is 5.56. The van der Waals surface area contributed by atoms with Crippen molar-refractivity contribution in [2.45, 2.75) is 37.4 Å². The molecule has 1 aliphatic heterocycles. The number of ether oxygens (including phenoxy) is 1. The first kappa shape index (κ1) is 13.3. The van der Waals surface area contributed by atoms with E-state index in [2.05, 4.69) is 6.58 Å². The van der Waals surface area contributed by atoms with Crippen LogP contribution in [-0.2, 0) is 4.74 Å². The average Bonchev–Trinajstić information content (AvgIpc) is 2.27. The predicted molar refractivity (Wildman–Crippen MR) is 57.7 cm³/mol. The first-order valence-corrected chi connectivity index (χ1v) is 5.15. The molecule has 0 aromatic carbocycles. The Morgan fingerprint density at radius 1 is 1.25 bits per heavy atom. The summed E-state index contributed by atoms with van der Waals surface area (Å²) in [4.78, 5) is 0. The highest BCUT2D eigenvalue weighted by Gasteiger charge is 2.43. The molecule has 0 amide bonds. The first-order chi connectivity index (χ1) is 7.52. The quantitative estimate of drug-likeness (QED) is 0.465. The topological polar surface area (TPSA) is 90.2 Å². The summed E-state index contributed by atoms with van der Waals surface area (Å²) < 4.78 is 5.28. The summed E-state index contributed by atoms with van der Waals surface area (Å²) >= 11 is 0. The van der Waals surface area contributed by atoms with Gasteiger partial charge in [-0.3, -0.25) is 0 Å². The van der Waals surface area contributed by atoms with Gasteiger partial charge in [0, 0.05) is 0 Å². The summed E-state index contributed by atoms with van der Waals surface area (Å²) in [5.74, 6) is 0. The van der Waals surface area contributed by atoms with Gasteiger partial charge in [0.25, 0.3) is 0 Å². The molecule has 5 atom stereocenters. The van der Waals surface area contributed by atoms with E-state index in [4.69, 9.17) is 9.84 Å². The van der Waals surface area contributed by atoms with Gasteiger partial charge in [-0.2, -0.15) is 0 Å². The van der Waals surface area contributed by atoms with Crippen LogP contribution in [0, 0.1) is 0 Å². The Morgan fingerprint density at radius 3 is 2.38 bits per heavy atom. The molecule has 4 N–H and O–H groups in total. The van der Waals surface area contributed by atoms with Gasteiger partial charge in [-0.05, 0) is 12.5 Å². The third kappa shape index (κ3) is 2.50. The lowest BCUT2D eigenvalue weighted by atomic mass is 9.91. The van der Waals surface area contributed by atoms with Crippen LogP contribution in [0.15, 0.2) is 24.3 Å². The van der Waals surface area contributed by atoms with E-state index in [1.807, 2.05) is 0 Å². The monoisotopic (exact) mass is 230 g/mol. The Morgan fingerprint density at radius 2 is 1.88 bits per heavy atom. The maximum atomic E-state index is 9.71. The number of aliphatic hydroxyl groups excluding tert-OH is 4. The van der Waals surface area contributed by atoms with E-state index in [1.165, 1.54) is 0 Å². The minimum atomic E-state index is -1.35. The van der Waals surface area contributed by atoms with Crippen molar-refractivity contribution < 1.29 is 25.2 Å². The summed E-state index contributed by atoms with van der Waals surface area (Å²) in [7, 11) is 0. The number of aliphatic hydroxyl groups is 4. The van der Waals surface area contributed by atoms with Crippen molar-refractivity contribution in [3.8, 4) is 0 Å². The first-order valence-electron chi connectivity index (χ1n) is 5.15. The van der Waals surface area contributed by atoms with Crippen LogP contribution < -0.4 is 0 Å². The molecule has 0 bridgehead atoms. The summed E-state index contributed by atoms with van der Waals surface area (Å²) in [5.41, 5.74) is 0.486. The van der Waals surface area contributed by atoms with Crippen molar-refractivity contribution in [3.63, 3.8) is 0 Å². The van der Waals surface area contributed by atoms with Gasteiger partial charge >= 0.3 is 0 Å². The Balaban J connectivity index is 2.82. The van der Waals surface area contributed by atoms with Crippen molar-refractivity contribution >= 4 is 0 Å². The molecule has 0 spiro atoms. The fourth-order valence-electron chi connectivity index (χ4n) is 1.72. The van der Waals surface area contributed by atoms with Crippen LogP contribution in [0.25, 0.3) is 0 Å². The molecular formula is C11H18O5. The molecule has 0 aromatic rings. The van der Waals surface area contributed by atoms with Crippen molar-refractivity contribution in [2.75, 3.05) is 6.61 Å². The molecule has 1 rings (SSSR count). The van der Waals surface area contributed by atoms with Gasteiger partial charge in [-0.1, -0.05) is 18.7 Å². The zero-order valence-corrected chi connectivity index (χ0v) is 9.15. The molecule has 1 aliphatic rings. The van der Waals surface area contributed by atoms with Gasteiger partial charge in [0.15, 0.2) is 0 Å². The van der Waals surface area contributed by atoms with Gasteiger partial charge < -0.3 is 25.2 Å². The molecule has 0 aliphatic carbocycles. The lowest BCUT2D eigenvalue weighted by Gasteiger charge is -2.40. The second-order valence-corrected chi connectivity index (χ2v) is 3.82. The fourth-order valence-corrected chi connectivity index (χ4v) is 1.72. The summed E-state index contributed by atoms with van der Waals surface area (Å²) in [6.07, 6.45) is -2.25. The van der Waals surface area contributed by atoms with Crippen LogP contribution in [0.1, 0.15) is 6.92 Å². The van der Waals surface area contributed by atoms with Crippen molar-refractivity contribution in [3.05, 3.63) is 24.3 Å². The van der Waals surface area contributed by atoms with E-state index >= 15 is 0 Å². The van der Waals surface area contributed by atoms with E-state index in [0.29, 0.717) is 5.57 Å². The van der Waals surface area contributed by atoms with E-state index in [-0.39, 0.29) is 0 Å². The molecular weight excluding hydrogens is 212 g/mol. The van der Waals surface area contributed by atoms with Crippen LogP contribution in [0.4, 0.5) is 0 Å². The Kier molecular flexibility index (Phi) is 4.64. The zero-order chi connectivity index (χ0) is 12.3. The molecule has 0 aromatic heterocycles. The lowest BCUT2D eigenvalue weighted by Crippen LogP contribution is -2.58. The van der Waals surface area contributed by atoms with Gasteiger partial charge in [-0.25, -0.2) is 0 Å². The van der Waals surface area contributed by atoms with Gasteiger partial charge in [0.1, 0.15) is 30.5 Å². The fraction of sp³-hybridized carbons (Fsp3) is 0.636. The molecule has 16 heavy (non-hydrogen) atoms. The summed E-state index contributed by atoms with van der Waals surface area (Å²) in [5, 5.41) is 37.7. The molecule has 0 radical (unpaired) electrons. The number of hydrogen-bond donors (Lipinski definition) is 4. The average molecular weight is 230 g/mol. The molecule has 1 saturated heterocycles. The number of allylic oxidation sites excluding steroid dienone is 1. The SMILES string of the molecule is C=C(C=CC)C1OC(CO)C(O)C(O)C1O. The van der Waals surface area contributed by atoms with E-state index in [9.17, 15) is 15.3 Å². The number of hydrogen-bond acceptors (Lipinski definition) is 5. The second-order valence-electron chi connectivity index (χ2n) is 3.82. The highest BCUT2D eigenvalue weighted by atomic mass is 16.5. The predicted octanol–water partition coefficient (Wildman–Crippen LogP) is -1.04. The Hall–Kier alpha value is -0.720. The Bertz CT molecular complexity index is 274. The third-order valence-corrected chi connectivity index (χ3v) is 2.64. The van der Waals surface area contributed by atoms with Gasteiger partial charge in [-0.15, -0.1) is 0 Å². The Labute approximate surface area is 94.3 Å². The van der Waals surface area contributed by atoms with Crippen LogP contribution in [0.3, 0.4) is 0 Å². The third-order valence-electron chi connectivity index (χ3n) is 2.64. The van der Waals surface area contributed by atoms with E-state index in [1.54, 1.807) is 19.1 Å². The summed E-state index contributed by atoms with van der Waals surface area (Å²) in [6.45, 7) is 5.06. The highest BCUT2D eigenvalue weighted by molar-refractivity contribution is 5.22. The molecule has 5 unspecified atom stereocenters. The lowest BCUT2D eigenvalue weighted by molar-refractivity contribution is -0.218. The van der Waals surface area contributed by atoms with Crippen LogP contribution in [-0.4, -0.2) is 57.6 Å². The van der Waals surface area contributed by atoms with Crippen molar-refractivity contribution in [2.24, 2.45) is 0 Å². The standard InChI is InChI=1S/C11H18O5/c1-3-4-6(2)11-10(15)9(14)8(13)7(5-12)16-11/h3-4,7-15H,2,5H2,1H3. The summed E-state index contributed by atoms with van der Waals surface area (Å²) in [6, 6.07) is 0. The van der Waals surface area contributed by atoms with Gasteiger partial charge in [0.05, 0.1) is 6.61 Å². The maximum absolute atomic E-state index is 9.71. The highest BCUT2D eigenvalue weighted by Crippen LogP contribution is 2.25. The minimum Gasteiger partial charge on any atom is -0.394 e. The van der Waals surface area contributed by atoms with E-state index in [0.717, 1.165) is 0 Å². The zero-order valence-electron chi connectivity index (χ0n) is 9.15.